The highest BCUT2D eigenvalue weighted by Crippen LogP contribution is 2.35. The molecule has 0 radical (unpaired) electrons. The fourth-order valence-electron chi connectivity index (χ4n) is 1.88. The summed E-state index contributed by atoms with van der Waals surface area (Å²) in [6.45, 7) is 5.88. The maximum atomic E-state index is 8.69. The number of ether oxygens (including phenoxy) is 2. The minimum atomic E-state index is 0.165. The van der Waals surface area contributed by atoms with E-state index in [2.05, 4.69) is 33.5 Å². The average molecular weight is 361 g/mol. The van der Waals surface area contributed by atoms with Gasteiger partial charge in [-0.25, -0.2) is 0 Å². The molecule has 0 unspecified atom stereocenters. The molecular formula is C15H25BrN2O3. The van der Waals surface area contributed by atoms with E-state index in [1.165, 1.54) is 0 Å². The number of aliphatic hydroxyl groups is 1. The molecule has 0 aliphatic carbocycles. The standard InChI is InChI=1S/C15H25BrN2O3/c1-3-8-21-15-12(9-13(16)10-14(15)20-2)11-18-5-4-17-6-7-19/h9-10,17-19H,3-8,11H2,1-2H3. The van der Waals surface area contributed by atoms with Crippen LogP contribution in [-0.2, 0) is 6.54 Å². The molecule has 0 aromatic heterocycles. The Hall–Kier alpha value is -0.820. The molecule has 0 spiro atoms. The van der Waals surface area contributed by atoms with Gasteiger partial charge in [0.15, 0.2) is 11.5 Å². The van der Waals surface area contributed by atoms with Crippen LogP contribution in [0.15, 0.2) is 16.6 Å². The molecule has 120 valence electrons. The second-order valence-electron chi connectivity index (χ2n) is 4.60. The molecule has 0 amide bonds. The predicted octanol–water partition coefficient (Wildman–Crippen LogP) is 1.92. The molecule has 21 heavy (non-hydrogen) atoms. The number of benzene rings is 1. The smallest absolute Gasteiger partial charge is 0.165 e. The van der Waals surface area contributed by atoms with Gasteiger partial charge in [-0.15, -0.1) is 0 Å². The van der Waals surface area contributed by atoms with Crippen LogP contribution in [0, 0.1) is 0 Å². The van der Waals surface area contributed by atoms with E-state index in [1.807, 2.05) is 12.1 Å². The Bertz CT molecular complexity index is 416. The van der Waals surface area contributed by atoms with Crippen LogP contribution >= 0.6 is 15.9 Å². The molecule has 6 heteroatoms. The second kappa shape index (κ2) is 10.8. The summed E-state index contributed by atoms with van der Waals surface area (Å²) in [7, 11) is 1.65. The van der Waals surface area contributed by atoms with Gasteiger partial charge in [0.2, 0.25) is 0 Å². The van der Waals surface area contributed by atoms with Crippen LogP contribution in [0.25, 0.3) is 0 Å². The van der Waals surface area contributed by atoms with Crippen LogP contribution in [0.3, 0.4) is 0 Å². The minimum absolute atomic E-state index is 0.165. The molecule has 0 heterocycles. The topological polar surface area (TPSA) is 62.8 Å². The van der Waals surface area contributed by atoms with Crippen molar-refractivity contribution in [2.75, 3.05) is 40.0 Å². The van der Waals surface area contributed by atoms with E-state index in [9.17, 15) is 0 Å². The minimum Gasteiger partial charge on any atom is -0.493 e. The van der Waals surface area contributed by atoms with Crippen LogP contribution in [0.1, 0.15) is 18.9 Å². The lowest BCUT2D eigenvalue weighted by atomic mass is 10.2. The van der Waals surface area contributed by atoms with Crippen molar-refractivity contribution < 1.29 is 14.6 Å². The van der Waals surface area contributed by atoms with Crippen molar-refractivity contribution in [2.45, 2.75) is 19.9 Å². The van der Waals surface area contributed by atoms with E-state index >= 15 is 0 Å². The molecule has 0 aliphatic heterocycles. The number of hydrogen-bond donors (Lipinski definition) is 3. The monoisotopic (exact) mass is 360 g/mol. The average Bonchev–Trinajstić information content (AvgIpc) is 2.49. The first-order valence-corrected chi connectivity index (χ1v) is 8.03. The van der Waals surface area contributed by atoms with Crippen molar-refractivity contribution in [3.8, 4) is 11.5 Å². The molecule has 0 atom stereocenters. The van der Waals surface area contributed by atoms with Crippen molar-refractivity contribution >= 4 is 15.9 Å². The number of rotatable bonds is 11. The molecule has 0 fully saturated rings. The third kappa shape index (κ3) is 6.65. The van der Waals surface area contributed by atoms with Crippen molar-refractivity contribution in [3.63, 3.8) is 0 Å². The number of hydrogen-bond acceptors (Lipinski definition) is 5. The number of methoxy groups -OCH3 is 1. The Labute approximate surface area is 135 Å². The molecule has 1 aromatic carbocycles. The van der Waals surface area contributed by atoms with Gasteiger partial charge in [0, 0.05) is 36.2 Å². The molecule has 5 nitrogen and oxygen atoms in total. The van der Waals surface area contributed by atoms with Crippen LogP contribution in [0.5, 0.6) is 11.5 Å². The summed E-state index contributed by atoms with van der Waals surface area (Å²) in [6.07, 6.45) is 0.956. The number of halogens is 1. The van der Waals surface area contributed by atoms with Crippen LogP contribution in [0.2, 0.25) is 0 Å². The van der Waals surface area contributed by atoms with Gasteiger partial charge < -0.3 is 25.2 Å². The lowest BCUT2D eigenvalue weighted by Gasteiger charge is -2.16. The third-order valence-corrected chi connectivity index (χ3v) is 3.31. The first-order chi connectivity index (χ1) is 10.2. The first kappa shape index (κ1) is 18.2. The summed E-state index contributed by atoms with van der Waals surface area (Å²) in [5.41, 5.74) is 1.07. The van der Waals surface area contributed by atoms with Crippen LogP contribution in [-0.4, -0.2) is 45.1 Å². The van der Waals surface area contributed by atoms with Crippen LogP contribution < -0.4 is 20.1 Å². The lowest BCUT2D eigenvalue weighted by Crippen LogP contribution is -2.29. The number of nitrogens with one attached hydrogen (secondary N) is 2. The molecule has 3 N–H and O–H groups in total. The van der Waals surface area contributed by atoms with Crippen LogP contribution in [0.4, 0.5) is 0 Å². The van der Waals surface area contributed by atoms with Gasteiger partial charge in [0.05, 0.1) is 20.3 Å². The molecule has 0 aliphatic rings. The van der Waals surface area contributed by atoms with E-state index in [0.29, 0.717) is 19.7 Å². The summed E-state index contributed by atoms with van der Waals surface area (Å²) in [5, 5.41) is 15.2. The summed E-state index contributed by atoms with van der Waals surface area (Å²) >= 11 is 3.50. The van der Waals surface area contributed by atoms with Crippen molar-refractivity contribution in [1.29, 1.82) is 0 Å². The van der Waals surface area contributed by atoms with Gasteiger partial charge in [-0.3, -0.25) is 0 Å². The molecule has 0 saturated carbocycles. The quantitative estimate of drug-likeness (QED) is 0.526. The van der Waals surface area contributed by atoms with E-state index in [1.54, 1.807) is 7.11 Å². The molecule has 1 aromatic rings. The highest BCUT2D eigenvalue weighted by Gasteiger charge is 2.12. The van der Waals surface area contributed by atoms with Gasteiger partial charge in [0.1, 0.15) is 0 Å². The summed E-state index contributed by atoms with van der Waals surface area (Å²) in [4.78, 5) is 0. The normalized spacial score (nSPS) is 10.7. The van der Waals surface area contributed by atoms with E-state index in [-0.39, 0.29) is 6.61 Å². The third-order valence-electron chi connectivity index (χ3n) is 2.85. The summed E-state index contributed by atoms with van der Waals surface area (Å²) in [6, 6.07) is 3.96. The number of aliphatic hydroxyl groups excluding tert-OH is 1. The lowest BCUT2D eigenvalue weighted by molar-refractivity contribution is 0.289. The van der Waals surface area contributed by atoms with Gasteiger partial charge in [0.25, 0.3) is 0 Å². The zero-order chi connectivity index (χ0) is 15.5. The Kier molecular flexibility index (Phi) is 9.41. The molecule has 0 bridgehead atoms. The van der Waals surface area contributed by atoms with Gasteiger partial charge in [-0.05, 0) is 18.6 Å². The Balaban J connectivity index is 2.63. The fraction of sp³-hybridized carbons (Fsp3) is 0.600. The Morgan fingerprint density at radius 2 is 1.95 bits per heavy atom. The maximum absolute atomic E-state index is 8.69. The van der Waals surface area contributed by atoms with E-state index < -0.39 is 0 Å². The maximum Gasteiger partial charge on any atom is 0.165 e. The molecule has 0 saturated heterocycles. The van der Waals surface area contributed by atoms with Crippen molar-refractivity contribution in [3.05, 3.63) is 22.2 Å². The van der Waals surface area contributed by atoms with E-state index in [4.69, 9.17) is 14.6 Å². The predicted molar refractivity (Wildman–Crippen MR) is 88.1 cm³/mol. The zero-order valence-electron chi connectivity index (χ0n) is 12.7. The van der Waals surface area contributed by atoms with Crippen molar-refractivity contribution in [2.24, 2.45) is 0 Å². The highest BCUT2D eigenvalue weighted by atomic mass is 79.9. The zero-order valence-corrected chi connectivity index (χ0v) is 14.3. The Morgan fingerprint density at radius 1 is 1.19 bits per heavy atom. The molecule has 1 rings (SSSR count). The van der Waals surface area contributed by atoms with Crippen molar-refractivity contribution in [1.82, 2.24) is 10.6 Å². The first-order valence-electron chi connectivity index (χ1n) is 7.24. The largest absolute Gasteiger partial charge is 0.493 e. The summed E-state index contributed by atoms with van der Waals surface area (Å²) in [5.74, 6) is 1.55. The van der Waals surface area contributed by atoms with Gasteiger partial charge in [-0.1, -0.05) is 22.9 Å². The molecular weight excluding hydrogens is 336 g/mol. The van der Waals surface area contributed by atoms with Gasteiger partial charge >= 0.3 is 0 Å². The fourth-order valence-corrected chi connectivity index (χ4v) is 2.36. The SMILES string of the molecule is CCCOc1c(CNCCNCCO)cc(Br)cc1OC. The van der Waals surface area contributed by atoms with Gasteiger partial charge in [-0.2, -0.15) is 0 Å². The highest BCUT2D eigenvalue weighted by molar-refractivity contribution is 9.10. The van der Waals surface area contributed by atoms with E-state index in [0.717, 1.165) is 41.0 Å². The Morgan fingerprint density at radius 3 is 2.62 bits per heavy atom. The second-order valence-corrected chi connectivity index (χ2v) is 5.51. The summed E-state index contributed by atoms with van der Waals surface area (Å²) < 4.78 is 12.2.